The van der Waals surface area contributed by atoms with Crippen LogP contribution in [0.1, 0.15) is 5.56 Å². The van der Waals surface area contributed by atoms with Crippen LogP contribution in [-0.4, -0.2) is 21.1 Å². The molecule has 0 atom stereocenters. The lowest BCUT2D eigenvalue weighted by Crippen LogP contribution is -2.16. The van der Waals surface area contributed by atoms with Gasteiger partial charge >= 0.3 is 6.09 Å². The number of ether oxygens (including phenoxy) is 1. The lowest BCUT2D eigenvalue weighted by Gasteiger charge is -2.07. The van der Waals surface area contributed by atoms with E-state index in [4.69, 9.17) is 4.74 Å². The number of carbonyl (C=O) groups is 1. The normalized spacial score (nSPS) is 10.2. The second kappa shape index (κ2) is 6.53. The monoisotopic (exact) mass is 294 g/mol. The molecule has 22 heavy (non-hydrogen) atoms. The number of nitrogens with zero attached hydrogens (tertiary/aromatic N) is 3. The van der Waals surface area contributed by atoms with Crippen LogP contribution in [0.25, 0.3) is 0 Å². The van der Waals surface area contributed by atoms with Gasteiger partial charge < -0.3 is 4.74 Å². The number of aromatic nitrogens is 3. The minimum absolute atomic E-state index is 0.503. The Hall–Kier alpha value is -3.15. The van der Waals surface area contributed by atoms with Crippen molar-refractivity contribution >= 4 is 11.8 Å². The van der Waals surface area contributed by atoms with Crippen LogP contribution in [-0.2, 0) is 6.54 Å². The highest BCUT2D eigenvalue weighted by molar-refractivity contribution is 5.86. The number of anilines is 1. The van der Waals surface area contributed by atoms with E-state index in [-0.39, 0.29) is 0 Å². The third kappa shape index (κ3) is 3.69. The number of hydrogen-bond acceptors (Lipinski definition) is 4. The first-order valence-electron chi connectivity index (χ1n) is 6.76. The molecule has 0 saturated heterocycles. The number of carbonyl (C=O) groups excluding carboxylic acids is 1. The molecule has 3 aromatic rings. The fourth-order valence-electron chi connectivity index (χ4n) is 1.94. The number of amides is 1. The topological polar surface area (TPSA) is 69.0 Å². The molecule has 1 N–H and O–H groups in total. The molecule has 2 aromatic carbocycles. The third-order valence-corrected chi connectivity index (χ3v) is 2.97. The van der Waals surface area contributed by atoms with Crippen molar-refractivity contribution in [1.29, 1.82) is 0 Å². The molecular formula is C16H14N4O2. The van der Waals surface area contributed by atoms with Gasteiger partial charge in [0, 0.05) is 11.9 Å². The Morgan fingerprint density at radius 3 is 2.55 bits per heavy atom. The highest BCUT2D eigenvalue weighted by Crippen LogP contribution is 2.13. The molecule has 1 heterocycles. The molecule has 0 bridgehead atoms. The van der Waals surface area contributed by atoms with E-state index in [0.717, 1.165) is 5.56 Å². The summed E-state index contributed by atoms with van der Waals surface area (Å²) in [5.74, 6) is 0.503. The van der Waals surface area contributed by atoms with Crippen LogP contribution in [0, 0.1) is 0 Å². The van der Waals surface area contributed by atoms with Gasteiger partial charge in [0.1, 0.15) is 5.75 Å². The first kappa shape index (κ1) is 13.8. The summed E-state index contributed by atoms with van der Waals surface area (Å²) in [6.45, 7) is 0.634. The highest BCUT2D eigenvalue weighted by Gasteiger charge is 2.05. The Kier molecular flexibility index (Phi) is 4.10. The molecule has 0 aliphatic carbocycles. The van der Waals surface area contributed by atoms with Gasteiger partial charge in [0.05, 0.1) is 12.7 Å². The Morgan fingerprint density at radius 2 is 1.86 bits per heavy atom. The molecule has 0 unspecified atom stereocenters. The minimum Gasteiger partial charge on any atom is -0.410 e. The van der Waals surface area contributed by atoms with Crippen molar-refractivity contribution in [3.8, 4) is 5.75 Å². The average molecular weight is 294 g/mol. The molecule has 0 radical (unpaired) electrons. The largest absolute Gasteiger partial charge is 0.417 e. The lowest BCUT2D eigenvalue weighted by molar-refractivity contribution is 0.215. The molecule has 0 saturated carbocycles. The van der Waals surface area contributed by atoms with Crippen LogP contribution in [0.5, 0.6) is 5.75 Å². The van der Waals surface area contributed by atoms with E-state index in [0.29, 0.717) is 18.0 Å². The Labute approximate surface area is 127 Å². The van der Waals surface area contributed by atoms with Crippen LogP contribution in [0.2, 0.25) is 0 Å². The first-order valence-corrected chi connectivity index (χ1v) is 6.76. The fraction of sp³-hybridized carbons (Fsp3) is 0.0625. The number of hydrogen-bond donors (Lipinski definition) is 1. The van der Waals surface area contributed by atoms with Crippen LogP contribution in [0.4, 0.5) is 10.5 Å². The summed E-state index contributed by atoms with van der Waals surface area (Å²) in [5.41, 5.74) is 1.73. The van der Waals surface area contributed by atoms with Crippen molar-refractivity contribution in [2.24, 2.45) is 0 Å². The number of benzene rings is 2. The lowest BCUT2D eigenvalue weighted by atomic mass is 10.2. The Bertz CT molecular complexity index is 725. The summed E-state index contributed by atoms with van der Waals surface area (Å²) in [6, 6.07) is 16.4. The standard InChI is InChI=1S/C16H14N4O2/c21-16(22-15-4-2-1-3-5-15)18-14-8-6-13(7-9-14)12-20-11-10-17-19-20/h1-11H,12H2,(H,18,21). The average Bonchev–Trinajstić information content (AvgIpc) is 3.03. The number of para-hydroxylation sites is 1. The van der Waals surface area contributed by atoms with Crippen LogP contribution in [0.15, 0.2) is 67.0 Å². The summed E-state index contributed by atoms with van der Waals surface area (Å²) in [5, 5.41) is 10.3. The third-order valence-electron chi connectivity index (χ3n) is 2.97. The van der Waals surface area contributed by atoms with Gasteiger partial charge in [-0.05, 0) is 29.8 Å². The number of rotatable bonds is 4. The number of nitrogens with one attached hydrogen (secondary N) is 1. The van der Waals surface area contributed by atoms with Gasteiger partial charge in [-0.3, -0.25) is 5.32 Å². The van der Waals surface area contributed by atoms with E-state index in [1.165, 1.54) is 0 Å². The predicted octanol–water partition coefficient (Wildman–Crippen LogP) is 2.94. The molecule has 6 nitrogen and oxygen atoms in total. The quantitative estimate of drug-likeness (QED) is 0.803. The maximum Gasteiger partial charge on any atom is 0.417 e. The second-order valence-corrected chi connectivity index (χ2v) is 4.63. The molecule has 1 aromatic heterocycles. The molecule has 0 aliphatic heterocycles. The molecule has 1 amide bonds. The SMILES string of the molecule is O=C(Nc1ccc(Cn2ccnn2)cc1)Oc1ccccc1. The van der Waals surface area contributed by atoms with Crippen LogP contribution < -0.4 is 10.1 Å². The van der Waals surface area contributed by atoms with E-state index in [9.17, 15) is 4.79 Å². The zero-order chi connectivity index (χ0) is 15.2. The second-order valence-electron chi connectivity index (χ2n) is 4.63. The van der Waals surface area contributed by atoms with Gasteiger partial charge in [-0.15, -0.1) is 5.10 Å². The molecule has 0 spiro atoms. The van der Waals surface area contributed by atoms with E-state index < -0.39 is 6.09 Å². The summed E-state index contributed by atoms with van der Waals surface area (Å²) in [7, 11) is 0. The van der Waals surface area contributed by atoms with Gasteiger partial charge in [-0.2, -0.15) is 0 Å². The van der Waals surface area contributed by atoms with Crippen molar-refractivity contribution in [2.45, 2.75) is 6.54 Å². The van der Waals surface area contributed by atoms with Gasteiger partial charge in [0.2, 0.25) is 0 Å². The maximum absolute atomic E-state index is 11.8. The molecular weight excluding hydrogens is 280 g/mol. The molecule has 6 heteroatoms. The van der Waals surface area contributed by atoms with Gasteiger partial charge in [0.25, 0.3) is 0 Å². The minimum atomic E-state index is -0.518. The zero-order valence-electron chi connectivity index (χ0n) is 11.7. The Morgan fingerprint density at radius 1 is 1.09 bits per heavy atom. The van der Waals surface area contributed by atoms with Gasteiger partial charge in [-0.25, -0.2) is 9.48 Å². The van der Waals surface area contributed by atoms with E-state index in [1.54, 1.807) is 29.2 Å². The van der Waals surface area contributed by atoms with Crippen molar-refractivity contribution in [1.82, 2.24) is 15.0 Å². The maximum atomic E-state index is 11.8. The highest BCUT2D eigenvalue weighted by atomic mass is 16.6. The predicted molar refractivity (Wildman–Crippen MR) is 81.7 cm³/mol. The molecule has 0 aliphatic rings. The van der Waals surface area contributed by atoms with E-state index >= 15 is 0 Å². The smallest absolute Gasteiger partial charge is 0.410 e. The zero-order valence-corrected chi connectivity index (χ0v) is 11.7. The van der Waals surface area contributed by atoms with Crippen molar-refractivity contribution in [3.63, 3.8) is 0 Å². The van der Waals surface area contributed by atoms with Gasteiger partial charge in [0.15, 0.2) is 0 Å². The van der Waals surface area contributed by atoms with Crippen molar-refractivity contribution in [3.05, 3.63) is 72.6 Å². The van der Waals surface area contributed by atoms with Crippen molar-refractivity contribution < 1.29 is 9.53 Å². The van der Waals surface area contributed by atoms with Crippen LogP contribution in [0.3, 0.4) is 0 Å². The Balaban J connectivity index is 1.57. The van der Waals surface area contributed by atoms with Crippen LogP contribution >= 0.6 is 0 Å². The van der Waals surface area contributed by atoms with E-state index in [2.05, 4.69) is 15.6 Å². The molecule has 0 fully saturated rings. The summed E-state index contributed by atoms with van der Waals surface area (Å²) in [4.78, 5) is 11.8. The molecule has 110 valence electrons. The molecule has 3 rings (SSSR count). The summed E-state index contributed by atoms with van der Waals surface area (Å²) >= 11 is 0. The summed E-state index contributed by atoms with van der Waals surface area (Å²) < 4.78 is 6.89. The summed E-state index contributed by atoms with van der Waals surface area (Å²) in [6.07, 6.45) is 2.91. The van der Waals surface area contributed by atoms with E-state index in [1.807, 2.05) is 42.5 Å². The van der Waals surface area contributed by atoms with Crippen molar-refractivity contribution in [2.75, 3.05) is 5.32 Å². The van der Waals surface area contributed by atoms with Gasteiger partial charge in [-0.1, -0.05) is 35.5 Å². The first-order chi connectivity index (χ1) is 10.8. The fourth-order valence-corrected chi connectivity index (χ4v) is 1.94.